The van der Waals surface area contributed by atoms with Crippen LogP contribution in [0.15, 0.2) is 36.8 Å². The van der Waals surface area contributed by atoms with Crippen LogP contribution in [0, 0.1) is 0 Å². The fraction of sp³-hybridized carbons (Fsp3) is 0.389. The van der Waals surface area contributed by atoms with Crippen LogP contribution in [-0.2, 0) is 17.8 Å². The number of benzene rings is 1. The molecule has 3 heterocycles. The molecule has 27 heavy (non-hydrogen) atoms. The molecule has 1 fully saturated rings. The first-order chi connectivity index (χ1) is 13.0. The second-order valence-corrected chi connectivity index (χ2v) is 6.48. The van der Waals surface area contributed by atoms with Gasteiger partial charge in [0.2, 0.25) is 5.91 Å². The van der Waals surface area contributed by atoms with Gasteiger partial charge >= 0.3 is 6.29 Å². The molecule has 9 heteroatoms. The second kappa shape index (κ2) is 7.07. The first kappa shape index (κ1) is 17.6. The van der Waals surface area contributed by atoms with Crippen molar-refractivity contribution >= 4 is 5.91 Å². The summed E-state index contributed by atoms with van der Waals surface area (Å²) in [5.74, 6) is 0.138. The third kappa shape index (κ3) is 4.13. The highest BCUT2D eigenvalue weighted by molar-refractivity contribution is 5.78. The first-order valence-electron chi connectivity index (χ1n) is 8.62. The van der Waals surface area contributed by atoms with Gasteiger partial charge in [-0.3, -0.25) is 9.69 Å². The van der Waals surface area contributed by atoms with E-state index >= 15 is 0 Å². The Morgan fingerprint density at radius 2 is 1.89 bits per heavy atom. The highest BCUT2D eigenvalue weighted by atomic mass is 19.3. The normalized spacial score (nSPS) is 18.5. The van der Waals surface area contributed by atoms with E-state index < -0.39 is 6.29 Å². The van der Waals surface area contributed by atoms with Crippen molar-refractivity contribution in [3.05, 3.63) is 48.0 Å². The van der Waals surface area contributed by atoms with Crippen LogP contribution in [0.3, 0.4) is 0 Å². The van der Waals surface area contributed by atoms with Gasteiger partial charge in [0, 0.05) is 38.9 Å². The quantitative estimate of drug-likeness (QED) is 0.809. The zero-order chi connectivity index (χ0) is 18.9. The van der Waals surface area contributed by atoms with Crippen LogP contribution < -0.4 is 9.47 Å². The molecule has 7 nitrogen and oxygen atoms in total. The molecule has 1 saturated heterocycles. The monoisotopic (exact) mass is 376 g/mol. The SMILES string of the molecule is O=C(Cc1ccncn1)N1CCN(Cc2ccc3c(c2)OC(F)(F)O3)CC1. The van der Waals surface area contributed by atoms with Crippen LogP contribution >= 0.6 is 0 Å². The van der Waals surface area contributed by atoms with Gasteiger partial charge in [-0.25, -0.2) is 9.97 Å². The number of fused-ring (bicyclic) bond motifs is 1. The Bertz CT molecular complexity index is 827. The van der Waals surface area contributed by atoms with Crippen LogP contribution in [0.1, 0.15) is 11.3 Å². The molecule has 142 valence electrons. The van der Waals surface area contributed by atoms with Gasteiger partial charge in [0.15, 0.2) is 11.5 Å². The van der Waals surface area contributed by atoms with Crippen molar-refractivity contribution in [3.63, 3.8) is 0 Å². The minimum Gasteiger partial charge on any atom is -0.395 e. The van der Waals surface area contributed by atoms with Gasteiger partial charge in [-0.1, -0.05) is 6.07 Å². The zero-order valence-corrected chi connectivity index (χ0v) is 14.5. The summed E-state index contributed by atoms with van der Waals surface area (Å²) < 4.78 is 35.1. The van der Waals surface area contributed by atoms with E-state index in [9.17, 15) is 13.6 Å². The molecule has 2 aliphatic heterocycles. The fourth-order valence-corrected chi connectivity index (χ4v) is 3.19. The van der Waals surface area contributed by atoms with Crippen LogP contribution in [0.5, 0.6) is 11.5 Å². The third-order valence-electron chi connectivity index (χ3n) is 4.57. The predicted octanol–water partition coefficient (Wildman–Crippen LogP) is 1.68. The number of nitrogens with zero attached hydrogens (tertiary/aromatic N) is 4. The summed E-state index contributed by atoms with van der Waals surface area (Å²) in [6.45, 7) is 3.25. The van der Waals surface area contributed by atoms with Crippen LogP contribution in [-0.4, -0.2) is 58.1 Å². The maximum absolute atomic E-state index is 13.1. The average Bonchev–Trinajstić information content (AvgIpc) is 2.96. The molecule has 0 bridgehead atoms. The molecule has 1 aromatic carbocycles. The molecule has 0 saturated carbocycles. The van der Waals surface area contributed by atoms with Gasteiger partial charge in [-0.2, -0.15) is 0 Å². The number of carbonyl (C=O) groups is 1. The molecule has 0 atom stereocenters. The first-order valence-corrected chi connectivity index (χ1v) is 8.62. The summed E-state index contributed by atoms with van der Waals surface area (Å²) in [7, 11) is 0. The Balaban J connectivity index is 1.29. The lowest BCUT2D eigenvalue weighted by atomic mass is 10.1. The molecule has 0 spiro atoms. The molecule has 1 aromatic heterocycles. The number of halogens is 2. The highest BCUT2D eigenvalue weighted by Crippen LogP contribution is 2.41. The highest BCUT2D eigenvalue weighted by Gasteiger charge is 2.43. The number of amides is 1. The zero-order valence-electron chi connectivity index (χ0n) is 14.5. The Hall–Kier alpha value is -2.81. The van der Waals surface area contributed by atoms with Crippen molar-refractivity contribution in [3.8, 4) is 11.5 Å². The third-order valence-corrected chi connectivity index (χ3v) is 4.57. The van der Waals surface area contributed by atoms with Gasteiger partial charge in [-0.15, -0.1) is 8.78 Å². The van der Waals surface area contributed by atoms with Crippen molar-refractivity contribution in [1.82, 2.24) is 19.8 Å². The van der Waals surface area contributed by atoms with E-state index in [0.717, 1.165) is 5.56 Å². The summed E-state index contributed by atoms with van der Waals surface area (Å²) in [5.41, 5.74) is 1.56. The molecule has 1 amide bonds. The molecule has 0 unspecified atom stereocenters. The second-order valence-electron chi connectivity index (χ2n) is 6.48. The number of ether oxygens (including phenoxy) is 2. The minimum atomic E-state index is -3.60. The lowest BCUT2D eigenvalue weighted by Gasteiger charge is -2.34. The predicted molar refractivity (Wildman–Crippen MR) is 90.2 cm³/mol. The lowest BCUT2D eigenvalue weighted by Crippen LogP contribution is -2.48. The largest absolute Gasteiger partial charge is 0.586 e. The molecule has 2 aromatic rings. The Labute approximate surface area is 154 Å². The number of hydrogen-bond donors (Lipinski definition) is 0. The number of aromatic nitrogens is 2. The van der Waals surface area contributed by atoms with E-state index in [0.29, 0.717) is 38.4 Å². The minimum absolute atomic E-state index is 0.0404. The van der Waals surface area contributed by atoms with Crippen molar-refractivity contribution in [2.75, 3.05) is 26.2 Å². The van der Waals surface area contributed by atoms with Crippen LogP contribution in [0.4, 0.5) is 8.78 Å². The molecular weight excluding hydrogens is 358 g/mol. The van der Waals surface area contributed by atoms with E-state index in [4.69, 9.17) is 0 Å². The van der Waals surface area contributed by atoms with E-state index in [2.05, 4.69) is 24.3 Å². The topological polar surface area (TPSA) is 67.8 Å². The molecule has 0 radical (unpaired) electrons. The van der Waals surface area contributed by atoms with Crippen LogP contribution in [0.2, 0.25) is 0 Å². The van der Waals surface area contributed by atoms with E-state index in [1.165, 1.54) is 12.4 Å². The van der Waals surface area contributed by atoms with Gasteiger partial charge in [-0.05, 0) is 23.8 Å². The lowest BCUT2D eigenvalue weighted by molar-refractivity contribution is -0.286. The molecule has 0 N–H and O–H groups in total. The van der Waals surface area contributed by atoms with Crippen LogP contribution in [0.25, 0.3) is 0 Å². The molecule has 2 aliphatic rings. The summed E-state index contributed by atoms with van der Waals surface area (Å²) in [6.07, 6.45) is -0.286. The fourth-order valence-electron chi connectivity index (χ4n) is 3.19. The number of alkyl halides is 2. The molecule has 0 aliphatic carbocycles. The van der Waals surface area contributed by atoms with Crippen molar-refractivity contribution in [2.45, 2.75) is 19.3 Å². The van der Waals surface area contributed by atoms with Crippen molar-refractivity contribution in [2.24, 2.45) is 0 Å². The number of rotatable bonds is 4. The molecular formula is C18H18F2N4O3. The summed E-state index contributed by atoms with van der Waals surface area (Å²) in [5, 5.41) is 0. The van der Waals surface area contributed by atoms with Gasteiger partial charge in [0.25, 0.3) is 0 Å². The Kier molecular flexibility index (Phi) is 4.61. The maximum atomic E-state index is 13.1. The number of hydrogen-bond acceptors (Lipinski definition) is 6. The number of carbonyl (C=O) groups excluding carboxylic acids is 1. The van der Waals surface area contributed by atoms with E-state index in [1.807, 2.05) is 4.90 Å². The van der Waals surface area contributed by atoms with E-state index in [1.54, 1.807) is 24.4 Å². The summed E-state index contributed by atoms with van der Waals surface area (Å²) in [6, 6.07) is 6.55. The Morgan fingerprint density at radius 3 is 2.63 bits per heavy atom. The maximum Gasteiger partial charge on any atom is 0.586 e. The van der Waals surface area contributed by atoms with Crippen molar-refractivity contribution < 1.29 is 23.0 Å². The van der Waals surface area contributed by atoms with Crippen molar-refractivity contribution in [1.29, 1.82) is 0 Å². The average molecular weight is 376 g/mol. The van der Waals surface area contributed by atoms with E-state index in [-0.39, 0.29) is 23.8 Å². The number of piperazine rings is 1. The summed E-state index contributed by atoms with van der Waals surface area (Å²) >= 11 is 0. The van der Waals surface area contributed by atoms with Gasteiger partial charge in [0.1, 0.15) is 6.33 Å². The summed E-state index contributed by atoms with van der Waals surface area (Å²) in [4.78, 5) is 24.3. The molecule has 4 rings (SSSR count). The van der Waals surface area contributed by atoms with Gasteiger partial charge in [0.05, 0.1) is 12.1 Å². The Morgan fingerprint density at radius 1 is 1.11 bits per heavy atom. The van der Waals surface area contributed by atoms with Gasteiger partial charge < -0.3 is 14.4 Å². The standard InChI is InChI=1S/C18H18F2N4O3/c19-18(20)26-15-2-1-13(9-16(15)27-18)11-23-5-7-24(8-6-23)17(25)10-14-3-4-21-12-22-14/h1-4,9,12H,5-8,10-11H2. The smallest absolute Gasteiger partial charge is 0.395 e.